The number of hydrogen-bond donors (Lipinski definition) is 1. The highest BCUT2D eigenvalue weighted by Gasteiger charge is 2.09. The summed E-state index contributed by atoms with van der Waals surface area (Å²) in [5, 5.41) is 6.61. The Morgan fingerprint density at radius 3 is 2.93 bits per heavy atom. The number of anilines is 1. The maximum absolute atomic E-state index is 4.92. The number of aromatic nitrogens is 3. The van der Waals surface area contributed by atoms with Crippen LogP contribution in [0, 0.1) is 6.92 Å². The predicted molar refractivity (Wildman–Crippen MR) is 51.8 cm³/mol. The van der Waals surface area contributed by atoms with Crippen LogP contribution in [-0.4, -0.2) is 22.2 Å². The highest BCUT2D eigenvalue weighted by Crippen LogP contribution is 2.19. The molecule has 2 heterocycles. The van der Waals surface area contributed by atoms with E-state index in [2.05, 4.69) is 20.4 Å². The Morgan fingerprint density at radius 2 is 2.29 bits per heavy atom. The van der Waals surface area contributed by atoms with E-state index < -0.39 is 0 Å². The Bertz CT molecular complexity index is 438. The summed E-state index contributed by atoms with van der Waals surface area (Å²) < 4.78 is 4.92. The fourth-order valence-electron chi connectivity index (χ4n) is 1.13. The number of rotatable bonds is 2. The molecule has 0 aliphatic heterocycles. The third-order valence-corrected chi connectivity index (χ3v) is 1.92. The summed E-state index contributed by atoms with van der Waals surface area (Å²) in [6, 6.07) is 2.31. The molecule has 0 atom stereocenters. The van der Waals surface area contributed by atoms with Gasteiger partial charge >= 0.3 is 6.01 Å². The SMILES string of the molecule is CNc1nc(-c2cnccc2C)no1. The minimum atomic E-state index is 0.406. The summed E-state index contributed by atoms with van der Waals surface area (Å²) in [5.74, 6) is 0.556. The number of pyridine rings is 1. The standard InChI is InChI=1S/C9H10N4O/c1-6-3-4-11-5-7(6)8-12-9(10-2)14-13-8/h3-5H,1-2H3,(H,10,12,13). The summed E-state index contributed by atoms with van der Waals surface area (Å²) in [4.78, 5) is 8.15. The molecule has 0 saturated carbocycles. The van der Waals surface area contributed by atoms with Gasteiger partial charge in [0.05, 0.1) is 0 Å². The Labute approximate surface area is 81.2 Å². The first kappa shape index (κ1) is 8.68. The molecule has 0 aromatic carbocycles. The van der Waals surface area contributed by atoms with E-state index in [-0.39, 0.29) is 0 Å². The van der Waals surface area contributed by atoms with E-state index in [1.54, 1.807) is 19.4 Å². The van der Waals surface area contributed by atoms with Crippen LogP contribution in [0.15, 0.2) is 23.0 Å². The van der Waals surface area contributed by atoms with E-state index in [4.69, 9.17) is 4.52 Å². The first-order chi connectivity index (χ1) is 6.81. The van der Waals surface area contributed by atoms with Gasteiger partial charge in [-0.15, -0.1) is 0 Å². The Balaban J connectivity index is 2.44. The maximum atomic E-state index is 4.92. The first-order valence-corrected chi connectivity index (χ1v) is 4.23. The highest BCUT2D eigenvalue weighted by atomic mass is 16.5. The minimum Gasteiger partial charge on any atom is -0.341 e. The fraction of sp³-hybridized carbons (Fsp3) is 0.222. The number of nitrogens with one attached hydrogen (secondary N) is 1. The molecule has 2 aromatic heterocycles. The molecule has 0 saturated heterocycles. The monoisotopic (exact) mass is 190 g/mol. The van der Waals surface area contributed by atoms with Crippen molar-refractivity contribution in [2.24, 2.45) is 0 Å². The summed E-state index contributed by atoms with van der Waals surface area (Å²) >= 11 is 0. The van der Waals surface area contributed by atoms with Gasteiger partial charge in [-0.05, 0) is 18.6 Å². The van der Waals surface area contributed by atoms with Gasteiger partial charge in [0, 0.05) is 25.0 Å². The van der Waals surface area contributed by atoms with Gasteiger partial charge in [0.25, 0.3) is 0 Å². The largest absolute Gasteiger partial charge is 0.341 e. The third kappa shape index (κ3) is 1.44. The van der Waals surface area contributed by atoms with Crippen LogP contribution in [0.3, 0.4) is 0 Å². The van der Waals surface area contributed by atoms with E-state index >= 15 is 0 Å². The Hall–Kier alpha value is -1.91. The van der Waals surface area contributed by atoms with Gasteiger partial charge in [0.1, 0.15) is 0 Å². The minimum absolute atomic E-state index is 0.406. The van der Waals surface area contributed by atoms with Gasteiger partial charge in [0.2, 0.25) is 5.82 Å². The zero-order chi connectivity index (χ0) is 9.97. The van der Waals surface area contributed by atoms with Crippen LogP contribution in [0.25, 0.3) is 11.4 Å². The molecule has 0 unspecified atom stereocenters. The van der Waals surface area contributed by atoms with Crippen LogP contribution >= 0.6 is 0 Å². The lowest BCUT2D eigenvalue weighted by Gasteiger charge is -1.96. The van der Waals surface area contributed by atoms with Crippen molar-refractivity contribution in [1.82, 2.24) is 15.1 Å². The summed E-state index contributed by atoms with van der Waals surface area (Å²) in [7, 11) is 1.73. The molecule has 0 radical (unpaired) electrons. The molecule has 5 nitrogen and oxygen atoms in total. The second-order valence-corrected chi connectivity index (χ2v) is 2.86. The van der Waals surface area contributed by atoms with E-state index in [1.165, 1.54) is 0 Å². The first-order valence-electron chi connectivity index (χ1n) is 4.23. The van der Waals surface area contributed by atoms with Crippen molar-refractivity contribution in [3.63, 3.8) is 0 Å². The van der Waals surface area contributed by atoms with Crippen molar-refractivity contribution in [3.8, 4) is 11.4 Å². The molecule has 0 aliphatic rings. The van der Waals surface area contributed by atoms with Gasteiger partial charge < -0.3 is 9.84 Å². The number of hydrogen-bond acceptors (Lipinski definition) is 5. The molecule has 72 valence electrons. The molecule has 0 amide bonds. The van der Waals surface area contributed by atoms with E-state index in [1.807, 2.05) is 13.0 Å². The summed E-state index contributed by atoms with van der Waals surface area (Å²) in [6.45, 7) is 1.98. The Morgan fingerprint density at radius 1 is 1.43 bits per heavy atom. The molecule has 0 fully saturated rings. The lowest BCUT2D eigenvalue weighted by molar-refractivity contribution is 0.434. The molecule has 0 bridgehead atoms. The van der Waals surface area contributed by atoms with Crippen LogP contribution in [0.1, 0.15) is 5.56 Å². The van der Waals surface area contributed by atoms with E-state index in [9.17, 15) is 0 Å². The number of nitrogens with zero attached hydrogens (tertiary/aromatic N) is 3. The smallest absolute Gasteiger partial charge is 0.321 e. The van der Waals surface area contributed by atoms with Crippen molar-refractivity contribution in [3.05, 3.63) is 24.0 Å². The van der Waals surface area contributed by atoms with Gasteiger partial charge in [-0.3, -0.25) is 4.98 Å². The van der Waals surface area contributed by atoms with Crippen molar-refractivity contribution >= 4 is 6.01 Å². The predicted octanol–water partition coefficient (Wildman–Crippen LogP) is 1.48. The summed E-state index contributed by atoms with van der Waals surface area (Å²) in [5.41, 5.74) is 1.96. The molecule has 2 rings (SSSR count). The highest BCUT2D eigenvalue weighted by molar-refractivity contribution is 5.58. The van der Waals surface area contributed by atoms with E-state index in [0.29, 0.717) is 11.8 Å². The van der Waals surface area contributed by atoms with Crippen LogP contribution in [0.2, 0.25) is 0 Å². The summed E-state index contributed by atoms with van der Waals surface area (Å²) in [6.07, 6.45) is 3.46. The van der Waals surface area contributed by atoms with Crippen molar-refractivity contribution in [2.75, 3.05) is 12.4 Å². The fourth-order valence-corrected chi connectivity index (χ4v) is 1.13. The Kier molecular flexibility index (Phi) is 2.14. The third-order valence-electron chi connectivity index (χ3n) is 1.92. The molecule has 0 spiro atoms. The maximum Gasteiger partial charge on any atom is 0.321 e. The second kappa shape index (κ2) is 3.45. The van der Waals surface area contributed by atoms with Crippen molar-refractivity contribution < 1.29 is 4.52 Å². The van der Waals surface area contributed by atoms with E-state index in [0.717, 1.165) is 11.1 Å². The van der Waals surface area contributed by atoms with Gasteiger partial charge in [0.15, 0.2) is 0 Å². The molecule has 14 heavy (non-hydrogen) atoms. The normalized spacial score (nSPS) is 10.1. The topological polar surface area (TPSA) is 63.8 Å². The molecular weight excluding hydrogens is 180 g/mol. The van der Waals surface area contributed by atoms with Crippen LogP contribution in [-0.2, 0) is 0 Å². The number of aryl methyl sites for hydroxylation is 1. The van der Waals surface area contributed by atoms with Crippen LogP contribution in [0.5, 0.6) is 0 Å². The zero-order valence-electron chi connectivity index (χ0n) is 7.98. The molecule has 0 aliphatic carbocycles. The lowest BCUT2D eigenvalue weighted by Crippen LogP contribution is -1.89. The lowest BCUT2D eigenvalue weighted by atomic mass is 10.1. The molecule has 2 aromatic rings. The van der Waals surface area contributed by atoms with Gasteiger partial charge in [-0.2, -0.15) is 4.98 Å². The zero-order valence-corrected chi connectivity index (χ0v) is 7.98. The molecular formula is C9H10N4O. The van der Waals surface area contributed by atoms with Crippen LogP contribution in [0.4, 0.5) is 6.01 Å². The average Bonchev–Trinajstić information content (AvgIpc) is 2.67. The van der Waals surface area contributed by atoms with Gasteiger partial charge in [-0.1, -0.05) is 5.16 Å². The van der Waals surface area contributed by atoms with Crippen LogP contribution < -0.4 is 5.32 Å². The van der Waals surface area contributed by atoms with Crippen molar-refractivity contribution in [2.45, 2.75) is 6.92 Å². The molecule has 1 N–H and O–H groups in total. The van der Waals surface area contributed by atoms with Crippen molar-refractivity contribution in [1.29, 1.82) is 0 Å². The average molecular weight is 190 g/mol. The quantitative estimate of drug-likeness (QED) is 0.777. The second-order valence-electron chi connectivity index (χ2n) is 2.86. The molecule has 5 heteroatoms. The van der Waals surface area contributed by atoms with Gasteiger partial charge in [-0.25, -0.2) is 0 Å².